The molecule has 0 radical (unpaired) electrons. The van der Waals surface area contributed by atoms with Gasteiger partial charge in [0.2, 0.25) is 0 Å². The third-order valence-electron chi connectivity index (χ3n) is 3.19. The molecule has 0 unspecified atom stereocenters. The molecule has 0 spiro atoms. The summed E-state index contributed by atoms with van der Waals surface area (Å²) in [5, 5.41) is 5.97. The van der Waals surface area contributed by atoms with Gasteiger partial charge in [-0.05, 0) is 38.5 Å². The molecule has 0 aromatic carbocycles. The van der Waals surface area contributed by atoms with Crippen LogP contribution in [0.15, 0.2) is 18.3 Å². The van der Waals surface area contributed by atoms with Crippen molar-refractivity contribution in [2.24, 2.45) is 0 Å². The normalized spacial score (nSPS) is 10.4. The molecule has 4 nitrogen and oxygen atoms in total. The molecule has 0 bridgehead atoms. The number of hydrogen-bond acceptors (Lipinski definition) is 4. The summed E-state index contributed by atoms with van der Waals surface area (Å²) in [5.74, 6) is -0.106. The fourth-order valence-corrected chi connectivity index (χ4v) is 2.94. The molecule has 0 saturated carbocycles. The third kappa shape index (κ3) is 3.17. The van der Waals surface area contributed by atoms with E-state index in [-0.39, 0.29) is 5.91 Å². The molecule has 1 amide bonds. The van der Waals surface area contributed by atoms with Crippen molar-refractivity contribution in [3.63, 3.8) is 0 Å². The van der Waals surface area contributed by atoms with Gasteiger partial charge in [0, 0.05) is 28.7 Å². The van der Waals surface area contributed by atoms with Crippen LogP contribution >= 0.6 is 11.3 Å². The molecule has 2 N–H and O–H groups in total. The zero-order chi connectivity index (χ0) is 14.7. The lowest BCUT2D eigenvalue weighted by atomic mass is 10.2. The summed E-state index contributed by atoms with van der Waals surface area (Å²) in [4.78, 5) is 18.9. The van der Waals surface area contributed by atoms with Crippen molar-refractivity contribution in [1.82, 2.24) is 10.3 Å². The van der Waals surface area contributed by atoms with Gasteiger partial charge in [0.25, 0.3) is 5.91 Å². The Balaban J connectivity index is 2.08. The van der Waals surface area contributed by atoms with Crippen LogP contribution in [-0.4, -0.2) is 17.9 Å². The Hall–Kier alpha value is -1.88. The van der Waals surface area contributed by atoms with E-state index in [2.05, 4.69) is 35.5 Å². The summed E-state index contributed by atoms with van der Waals surface area (Å²) in [5.41, 5.74) is 3.53. The highest BCUT2D eigenvalue weighted by Gasteiger charge is 2.12. The van der Waals surface area contributed by atoms with Crippen LogP contribution in [0.3, 0.4) is 0 Å². The Morgan fingerprint density at radius 2 is 2.05 bits per heavy atom. The summed E-state index contributed by atoms with van der Waals surface area (Å²) in [6, 6.07) is 3.99. The standard InChI is InChI=1S/C15H19N3OS/c1-9-5-12(20-11(9)3)7-18-15(19)13-8-17-10(2)6-14(13)16-4/h5-6,8H,7H2,1-4H3,(H,16,17)(H,18,19). The maximum absolute atomic E-state index is 12.2. The fourth-order valence-electron chi connectivity index (χ4n) is 1.95. The van der Waals surface area contributed by atoms with Crippen molar-refractivity contribution in [2.45, 2.75) is 27.3 Å². The zero-order valence-electron chi connectivity index (χ0n) is 12.2. The van der Waals surface area contributed by atoms with Gasteiger partial charge < -0.3 is 10.6 Å². The highest BCUT2D eigenvalue weighted by molar-refractivity contribution is 7.12. The Labute approximate surface area is 123 Å². The van der Waals surface area contributed by atoms with Crippen LogP contribution in [-0.2, 0) is 6.54 Å². The highest BCUT2D eigenvalue weighted by Crippen LogP contribution is 2.21. The van der Waals surface area contributed by atoms with Gasteiger partial charge in [-0.2, -0.15) is 0 Å². The van der Waals surface area contributed by atoms with Crippen LogP contribution in [0, 0.1) is 20.8 Å². The number of hydrogen-bond donors (Lipinski definition) is 2. The number of nitrogens with zero attached hydrogens (tertiary/aromatic N) is 1. The number of carbonyl (C=O) groups excluding carboxylic acids is 1. The molecule has 0 aliphatic heterocycles. The maximum Gasteiger partial charge on any atom is 0.255 e. The van der Waals surface area contributed by atoms with E-state index in [1.165, 1.54) is 15.3 Å². The fraction of sp³-hybridized carbons (Fsp3) is 0.333. The number of amides is 1. The lowest BCUT2D eigenvalue weighted by molar-refractivity contribution is 0.0951. The van der Waals surface area contributed by atoms with Crippen LogP contribution in [0.2, 0.25) is 0 Å². The molecular formula is C15H19N3OS. The van der Waals surface area contributed by atoms with Gasteiger partial charge in [-0.3, -0.25) is 9.78 Å². The third-order valence-corrected chi connectivity index (χ3v) is 4.35. The summed E-state index contributed by atoms with van der Waals surface area (Å²) < 4.78 is 0. The quantitative estimate of drug-likeness (QED) is 0.909. The van der Waals surface area contributed by atoms with Crippen LogP contribution in [0.4, 0.5) is 5.69 Å². The second-order valence-corrected chi connectivity index (χ2v) is 6.10. The molecule has 0 aliphatic carbocycles. The van der Waals surface area contributed by atoms with Crippen molar-refractivity contribution in [3.05, 3.63) is 44.9 Å². The van der Waals surface area contributed by atoms with E-state index in [0.29, 0.717) is 12.1 Å². The van der Waals surface area contributed by atoms with E-state index in [0.717, 1.165) is 11.4 Å². The number of carbonyl (C=O) groups is 1. The molecule has 2 heterocycles. The van der Waals surface area contributed by atoms with Gasteiger partial charge in [0.1, 0.15) is 0 Å². The van der Waals surface area contributed by atoms with Gasteiger partial charge in [-0.1, -0.05) is 0 Å². The molecule has 0 aliphatic rings. The highest BCUT2D eigenvalue weighted by atomic mass is 32.1. The second kappa shape index (κ2) is 6.05. The maximum atomic E-state index is 12.2. The summed E-state index contributed by atoms with van der Waals surface area (Å²) in [7, 11) is 1.80. The lowest BCUT2D eigenvalue weighted by Crippen LogP contribution is -2.23. The predicted molar refractivity (Wildman–Crippen MR) is 83.5 cm³/mol. The number of rotatable bonds is 4. The number of thiophene rings is 1. The molecular weight excluding hydrogens is 270 g/mol. The van der Waals surface area contributed by atoms with Crippen molar-refractivity contribution < 1.29 is 4.79 Å². The van der Waals surface area contributed by atoms with Crippen LogP contribution in [0.25, 0.3) is 0 Å². The van der Waals surface area contributed by atoms with E-state index in [9.17, 15) is 4.79 Å². The molecule has 0 atom stereocenters. The first-order valence-corrected chi connectivity index (χ1v) is 7.31. The minimum absolute atomic E-state index is 0.106. The summed E-state index contributed by atoms with van der Waals surface area (Å²) in [6.45, 7) is 6.63. The van der Waals surface area contributed by atoms with Crippen molar-refractivity contribution in [3.8, 4) is 0 Å². The smallest absolute Gasteiger partial charge is 0.255 e. The predicted octanol–water partition coefficient (Wildman–Crippen LogP) is 3.04. The topological polar surface area (TPSA) is 54.0 Å². The Morgan fingerprint density at radius 3 is 2.65 bits per heavy atom. The summed E-state index contributed by atoms with van der Waals surface area (Å²) >= 11 is 1.72. The van der Waals surface area contributed by atoms with E-state index in [1.54, 1.807) is 24.6 Å². The van der Waals surface area contributed by atoms with Crippen LogP contribution in [0.1, 0.15) is 31.4 Å². The SMILES string of the molecule is CNc1cc(C)ncc1C(=O)NCc1cc(C)c(C)s1. The first-order valence-electron chi connectivity index (χ1n) is 6.49. The first-order chi connectivity index (χ1) is 9.51. The van der Waals surface area contributed by atoms with E-state index < -0.39 is 0 Å². The van der Waals surface area contributed by atoms with E-state index in [1.807, 2.05) is 13.0 Å². The minimum atomic E-state index is -0.106. The second-order valence-electron chi connectivity index (χ2n) is 4.76. The Bertz CT molecular complexity index is 615. The Morgan fingerprint density at radius 1 is 1.30 bits per heavy atom. The summed E-state index contributed by atoms with van der Waals surface area (Å²) in [6.07, 6.45) is 1.61. The average molecular weight is 289 g/mol. The molecule has 2 rings (SSSR count). The van der Waals surface area contributed by atoms with Crippen molar-refractivity contribution in [2.75, 3.05) is 12.4 Å². The monoisotopic (exact) mass is 289 g/mol. The first kappa shape index (κ1) is 14.5. The molecule has 0 fully saturated rings. The Kier molecular flexibility index (Phi) is 4.39. The molecule has 2 aromatic heterocycles. The number of aromatic nitrogens is 1. The average Bonchev–Trinajstić information content (AvgIpc) is 2.75. The molecule has 106 valence electrons. The number of aryl methyl sites for hydroxylation is 3. The van der Waals surface area contributed by atoms with E-state index in [4.69, 9.17) is 0 Å². The van der Waals surface area contributed by atoms with Crippen LogP contribution in [0.5, 0.6) is 0 Å². The zero-order valence-corrected chi connectivity index (χ0v) is 13.0. The molecule has 5 heteroatoms. The van der Waals surface area contributed by atoms with Gasteiger partial charge >= 0.3 is 0 Å². The van der Waals surface area contributed by atoms with Gasteiger partial charge in [0.15, 0.2) is 0 Å². The minimum Gasteiger partial charge on any atom is -0.387 e. The van der Waals surface area contributed by atoms with Gasteiger partial charge in [-0.25, -0.2) is 0 Å². The number of pyridine rings is 1. The van der Waals surface area contributed by atoms with E-state index >= 15 is 0 Å². The van der Waals surface area contributed by atoms with Gasteiger partial charge in [-0.15, -0.1) is 11.3 Å². The van der Waals surface area contributed by atoms with Crippen molar-refractivity contribution in [1.29, 1.82) is 0 Å². The molecule has 20 heavy (non-hydrogen) atoms. The van der Waals surface area contributed by atoms with Crippen LogP contribution < -0.4 is 10.6 Å². The number of anilines is 1. The number of nitrogens with one attached hydrogen (secondary N) is 2. The molecule has 2 aromatic rings. The molecule has 0 saturated heterocycles. The van der Waals surface area contributed by atoms with Crippen molar-refractivity contribution >= 4 is 22.9 Å². The lowest BCUT2D eigenvalue weighted by Gasteiger charge is -2.09. The van der Waals surface area contributed by atoms with Gasteiger partial charge in [0.05, 0.1) is 17.8 Å². The largest absolute Gasteiger partial charge is 0.387 e.